The lowest BCUT2D eigenvalue weighted by Crippen LogP contribution is -2.20. The van der Waals surface area contributed by atoms with Crippen LogP contribution in [0.2, 0.25) is 0 Å². The number of rotatable bonds is 2. The van der Waals surface area contributed by atoms with Crippen LogP contribution in [0.15, 0.2) is 69.9 Å². The Balaban J connectivity index is 0.000000632. The highest BCUT2D eigenvalue weighted by Crippen LogP contribution is 2.50. The Bertz CT molecular complexity index is 963. The smallest absolute Gasteiger partial charge is 0.0166 e. The third-order valence-corrected chi connectivity index (χ3v) is 14.2. The highest BCUT2D eigenvalue weighted by molar-refractivity contribution is 5.28. The molecule has 0 aromatic carbocycles. The Labute approximate surface area is 285 Å². The average molecular weight is 621 g/mol. The Kier molecular flexibility index (Phi) is 18.6. The molecule has 0 spiro atoms. The summed E-state index contributed by atoms with van der Waals surface area (Å²) in [4.78, 5) is 0. The van der Waals surface area contributed by atoms with Gasteiger partial charge in [0.1, 0.15) is 0 Å². The normalized spacial score (nSPS) is 37.2. The zero-order valence-electron chi connectivity index (χ0n) is 34.2. The SMILES string of the molecule is C=CC.C=CC.CC1=C(C)[C@H](C)C(C)[C@@H]1C.CC1=C(C)[C@H](C)C(C)[C@@H]1C.CC1=C(C)[C@H](C[C@H]2C(C)=C(C)[C@@H](C)C2C)C(C)[C@@H]1C. The fraction of sp³-hybridized carbons (Fsp3) is 0.733. The van der Waals surface area contributed by atoms with E-state index in [9.17, 15) is 0 Å². The Morgan fingerprint density at radius 2 is 0.511 bits per heavy atom. The van der Waals surface area contributed by atoms with E-state index in [-0.39, 0.29) is 0 Å². The zero-order chi connectivity index (χ0) is 35.7. The highest BCUT2D eigenvalue weighted by Gasteiger charge is 2.40. The van der Waals surface area contributed by atoms with Crippen LogP contribution in [0.3, 0.4) is 0 Å². The maximum Gasteiger partial charge on any atom is -0.0166 e. The first-order chi connectivity index (χ1) is 20.7. The molecule has 4 unspecified atom stereocenters. The lowest BCUT2D eigenvalue weighted by molar-refractivity contribution is 0.267. The molecule has 0 bridgehead atoms. The van der Waals surface area contributed by atoms with Crippen molar-refractivity contribution in [1.82, 2.24) is 0 Å². The third-order valence-electron chi connectivity index (χ3n) is 14.2. The lowest BCUT2D eigenvalue weighted by atomic mass is 9.76. The van der Waals surface area contributed by atoms with Crippen molar-refractivity contribution in [3.05, 3.63) is 69.9 Å². The topological polar surface area (TPSA) is 0 Å². The molecule has 0 amide bonds. The van der Waals surface area contributed by atoms with E-state index in [1.807, 2.05) is 13.8 Å². The van der Waals surface area contributed by atoms with E-state index in [0.717, 1.165) is 71.0 Å². The summed E-state index contributed by atoms with van der Waals surface area (Å²) in [5, 5.41) is 0. The molecular formula is C45H80. The van der Waals surface area contributed by atoms with Gasteiger partial charge in [0.2, 0.25) is 0 Å². The van der Waals surface area contributed by atoms with Gasteiger partial charge in [0.15, 0.2) is 0 Å². The van der Waals surface area contributed by atoms with Gasteiger partial charge in [-0.25, -0.2) is 0 Å². The first-order valence-electron chi connectivity index (χ1n) is 18.5. The van der Waals surface area contributed by atoms with E-state index in [1.165, 1.54) is 6.42 Å². The molecule has 0 aliphatic heterocycles. The van der Waals surface area contributed by atoms with Crippen molar-refractivity contribution in [2.45, 2.75) is 145 Å². The van der Waals surface area contributed by atoms with Crippen LogP contribution >= 0.6 is 0 Å². The molecule has 0 saturated carbocycles. The summed E-state index contributed by atoms with van der Waals surface area (Å²) in [6, 6.07) is 0. The molecule has 0 aromatic heterocycles. The van der Waals surface area contributed by atoms with Gasteiger partial charge < -0.3 is 0 Å². The summed E-state index contributed by atoms with van der Waals surface area (Å²) < 4.78 is 0. The second kappa shape index (κ2) is 19.3. The third kappa shape index (κ3) is 10.2. The van der Waals surface area contributed by atoms with Crippen LogP contribution in [-0.2, 0) is 0 Å². The van der Waals surface area contributed by atoms with Crippen LogP contribution < -0.4 is 0 Å². The van der Waals surface area contributed by atoms with Crippen molar-refractivity contribution in [3.63, 3.8) is 0 Å². The van der Waals surface area contributed by atoms with E-state index in [4.69, 9.17) is 0 Å². The zero-order valence-corrected chi connectivity index (χ0v) is 34.2. The van der Waals surface area contributed by atoms with Gasteiger partial charge >= 0.3 is 0 Å². The molecule has 0 radical (unpaired) electrons. The van der Waals surface area contributed by atoms with Gasteiger partial charge in [-0.3, -0.25) is 0 Å². The van der Waals surface area contributed by atoms with Crippen molar-refractivity contribution < 1.29 is 0 Å². The molecule has 0 nitrogen and oxygen atoms in total. The van der Waals surface area contributed by atoms with E-state index in [1.54, 1.807) is 56.7 Å². The molecule has 45 heavy (non-hydrogen) atoms. The molecule has 0 heterocycles. The molecule has 0 heteroatoms. The first kappa shape index (κ1) is 43.4. The van der Waals surface area contributed by atoms with E-state index in [0.29, 0.717) is 0 Å². The largest absolute Gasteiger partial charge is 0.103 e. The highest BCUT2D eigenvalue weighted by atomic mass is 14.4. The predicted octanol–water partition coefficient (Wildman–Crippen LogP) is 14.7. The molecule has 4 aliphatic rings. The van der Waals surface area contributed by atoms with Gasteiger partial charge in [0, 0.05) is 0 Å². The minimum atomic E-state index is 0.782. The second-order valence-electron chi connectivity index (χ2n) is 15.9. The Morgan fingerprint density at radius 3 is 0.622 bits per heavy atom. The average Bonchev–Trinajstić information content (AvgIpc) is 3.46. The summed E-state index contributed by atoms with van der Waals surface area (Å²) in [6.07, 6.45) is 4.88. The van der Waals surface area contributed by atoms with Crippen LogP contribution in [-0.4, -0.2) is 0 Å². The van der Waals surface area contributed by atoms with Crippen molar-refractivity contribution >= 4 is 0 Å². The lowest BCUT2D eigenvalue weighted by Gasteiger charge is -2.28. The van der Waals surface area contributed by atoms with Gasteiger partial charge in [-0.05, 0) is 147 Å². The van der Waals surface area contributed by atoms with Crippen molar-refractivity contribution in [2.75, 3.05) is 0 Å². The molecule has 260 valence electrons. The van der Waals surface area contributed by atoms with E-state index in [2.05, 4.69) is 138 Å². The van der Waals surface area contributed by atoms with Crippen molar-refractivity contribution in [1.29, 1.82) is 0 Å². The standard InChI is InChI=1S/C19H32.2C10H18.2C3H6/c1-10-11(2)15(6)18(14(10)5)9-19-16(7)12(3)13(4)17(19)8;2*1-6-7(2)9(4)10(5)8(6)3;2*1-3-2/h10,12,14,16,18-19H,9H2,1-8H3;2*6-8H,1-5H3;2*3H,1H2,2H3/t10-,12-,14?,16?,18-,19-;2*6?,7-,8+;;/m1..../s1. The van der Waals surface area contributed by atoms with Gasteiger partial charge in [0.25, 0.3) is 0 Å². The van der Waals surface area contributed by atoms with Crippen LogP contribution in [0, 0.1) is 71.0 Å². The summed E-state index contributed by atoms with van der Waals surface area (Å²) in [5.41, 5.74) is 13.2. The molecule has 12 atom stereocenters. The minimum absolute atomic E-state index is 0.782. The van der Waals surface area contributed by atoms with Gasteiger partial charge in [-0.2, -0.15) is 0 Å². The molecule has 0 aromatic rings. The molecule has 0 N–H and O–H groups in total. The minimum Gasteiger partial charge on any atom is -0.103 e. The van der Waals surface area contributed by atoms with Gasteiger partial charge in [0.05, 0.1) is 0 Å². The van der Waals surface area contributed by atoms with Crippen LogP contribution in [0.5, 0.6) is 0 Å². The number of allylic oxidation sites excluding steroid dienone is 10. The van der Waals surface area contributed by atoms with Gasteiger partial charge in [-0.15, -0.1) is 13.2 Å². The summed E-state index contributed by atoms with van der Waals surface area (Å²) in [7, 11) is 0. The van der Waals surface area contributed by atoms with Crippen LogP contribution in [0.4, 0.5) is 0 Å². The Hall–Kier alpha value is -1.56. The molecule has 0 fully saturated rings. The fourth-order valence-electron chi connectivity index (χ4n) is 8.51. The summed E-state index contributed by atoms with van der Waals surface area (Å²) in [5.74, 6) is 9.84. The Morgan fingerprint density at radius 1 is 0.356 bits per heavy atom. The maximum atomic E-state index is 3.36. The predicted molar refractivity (Wildman–Crippen MR) is 208 cm³/mol. The monoisotopic (exact) mass is 621 g/mol. The molecular weight excluding hydrogens is 540 g/mol. The van der Waals surface area contributed by atoms with Gasteiger partial charge in [-0.1, -0.05) is 126 Å². The quantitative estimate of drug-likeness (QED) is 0.269. The molecule has 4 aliphatic carbocycles. The fourth-order valence-corrected chi connectivity index (χ4v) is 8.51. The first-order valence-corrected chi connectivity index (χ1v) is 18.5. The summed E-state index contributed by atoms with van der Waals surface area (Å²) >= 11 is 0. The molecule has 0 saturated heterocycles. The summed E-state index contributed by atoms with van der Waals surface area (Å²) in [6.45, 7) is 52.9. The second-order valence-corrected chi connectivity index (χ2v) is 15.9. The van der Waals surface area contributed by atoms with E-state index < -0.39 is 0 Å². The van der Waals surface area contributed by atoms with Crippen LogP contribution in [0.1, 0.15) is 145 Å². The van der Waals surface area contributed by atoms with E-state index >= 15 is 0 Å². The molecule has 4 rings (SSSR count). The van der Waals surface area contributed by atoms with Crippen molar-refractivity contribution in [3.8, 4) is 0 Å². The maximum absolute atomic E-state index is 3.36. The number of hydrogen-bond acceptors (Lipinski definition) is 0. The number of hydrogen-bond donors (Lipinski definition) is 0. The van der Waals surface area contributed by atoms with Crippen LogP contribution in [0.25, 0.3) is 0 Å². The van der Waals surface area contributed by atoms with Crippen molar-refractivity contribution in [2.24, 2.45) is 71.0 Å².